The summed E-state index contributed by atoms with van der Waals surface area (Å²) in [6, 6.07) is 10.8. The van der Waals surface area contributed by atoms with E-state index in [1.165, 1.54) is 4.90 Å². The molecule has 1 aromatic carbocycles. The van der Waals surface area contributed by atoms with Gasteiger partial charge in [-0.1, -0.05) is 25.1 Å². The lowest BCUT2D eigenvalue weighted by Gasteiger charge is -2.16. The van der Waals surface area contributed by atoms with E-state index in [9.17, 15) is 4.79 Å². The number of hydrogen-bond acceptors (Lipinski definition) is 3. The van der Waals surface area contributed by atoms with Gasteiger partial charge in [0.1, 0.15) is 0 Å². The molecule has 1 aliphatic carbocycles. The topological polar surface area (TPSA) is 65.5 Å². The van der Waals surface area contributed by atoms with Crippen molar-refractivity contribution in [3.63, 3.8) is 0 Å². The smallest absolute Gasteiger partial charge is 0.220 e. The van der Waals surface area contributed by atoms with Gasteiger partial charge in [0.05, 0.1) is 0 Å². The van der Waals surface area contributed by atoms with Gasteiger partial charge in [0.2, 0.25) is 5.91 Å². The van der Waals surface area contributed by atoms with Crippen molar-refractivity contribution in [2.24, 2.45) is 4.99 Å². The predicted octanol–water partition coefficient (Wildman–Crippen LogP) is 3.01. The van der Waals surface area contributed by atoms with Crippen LogP contribution in [0.4, 0.5) is 0 Å². The van der Waals surface area contributed by atoms with Crippen LogP contribution in [-0.4, -0.2) is 43.3 Å². The zero-order valence-electron chi connectivity index (χ0n) is 15.0. The first-order chi connectivity index (χ1) is 11.7. The van der Waals surface area contributed by atoms with Crippen molar-refractivity contribution in [3.8, 4) is 0 Å². The van der Waals surface area contributed by atoms with Crippen LogP contribution in [0.3, 0.4) is 0 Å². The number of halogens is 1. The number of benzene rings is 1. The van der Waals surface area contributed by atoms with Crippen molar-refractivity contribution in [2.75, 3.05) is 20.1 Å². The van der Waals surface area contributed by atoms with E-state index in [1.807, 2.05) is 17.8 Å². The molecule has 1 amide bonds. The molecule has 1 saturated carbocycles. The first-order valence-electron chi connectivity index (χ1n) is 8.63. The maximum Gasteiger partial charge on any atom is 0.220 e. The summed E-state index contributed by atoms with van der Waals surface area (Å²) in [6.45, 7) is 3.78. The molecule has 1 fully saturated rings. The highest BCUT2D eigenvalue weighted by molar-refractivity contribution is 14.0. The summed E-state index contributed by atoms with van der Waals surface area (Å²) in [7, 11) is 1.77. The predicted molar refractivity (Wildman–Crippen MR) is 117 cm³/mol. The zero-order valence-corrected chi connectivity index (χ0v) is 18.1. The van der Waals surface area contributed by atoms with Crippen LogP contribution in [0.15, 0.2) is 40.2 Å². The molecule has 25 heavy (non-hydrogen) atoms. The van der Waals surface area contributed by atoms with Crippen LogP contribution in [0, 0.1) is 0 Å². The minimum atomic E-state index is 0. The summed E-state index contributed by atoms with van der Waals surface area (Å²) >= 11 is 1.84. The van der Waals surface area contributed by atoms with Gasteiger partial charge in [-0.05, 0) is 31.4 Å². The molecule has 0 spiro atoms. The third-order valence-corrected chi connectivity index (χ3v) is 4.79. The Morgan fingerprint density at radius 2 is 2.00 bits per heavy atom. The number of nitrogens with one attached hydrogen (secondary N) is 3. The van der Waals surface area contributed by atoms with E-state index in [0.29, 0.717) is 17.7 Å². The average molecular weight is 476 g/mol. The highest BCUT2D eigenvalue weighted by atomic mass is 127. The minimum absolute atomic E-state index is 0. The summed E-state index contributed by atoms with van der Waals surface area (Å²) < 4.78 is 0. The molecule has 0 saturated heterocycles. The van der Waals surface area contributed by atoms with Crippen LogP contribution in [0.5, 0.6) is 0 Å². The van der Waals surface area contributed by atoms with Crippen LogP contribution in [0.2, 0.25) is 0 Å². The van der Waals surface area contributed by atoms with Crippen molar-refractivity contribution in [2.45, 2.75) is 48.8 Å². The molecule has 0 heterocycles. The molecule has 0 bridgehead atoms. The number of amides is 1. The Hall–Kier alpha value is -0.960. The van der Waals surface area contributed by atoms with E-state index in [-0.39, 0.29) is 29.9 Å². The average Bonchev–Trinajstić information content (AvgIpc) is 3.39. The van der Waals surface area contributed by atoms with E-state index in [2.05, 4.69) is 52.1 Å². The molecule has 0 aliphatic heterocycles. The second-order valence-corrected chi connectivity index (χ2v) is 7.58. The van der Waals surface area contributed by atoms with E-state index in [1.54, 1.807) is 7.05 Å². The number of guanidine groups is 1. The van der Waals surface area contributed by atoms with Crippen LogP contribution in [0.1, 0.15) is 32.6 Å². The van der Waals surface area contributed by atoms with E-state index >= 15 is 0 Å². The molecule has 5 nitrogen and oxygen atoms in total. The van der Waals surface area contributed by atoms with Gasteiger partial charge in [0.25, 0.3) is 0 Å². The lowest BCUT2D eigenvalue weighted by atomic mass is 10.3. The Bertz CT molecular complexity index is 537. The second-order valence-electron chi connectivity index (χ2n) is 6.07. The fourth-order valence-corrected chi connectivity index (χ4v) is 3.16. The standard InChI is InChI=1S/C18H28N4OS.HI/c1-14(24-16-7-4-3-5-8-16)13-21-18(19-2)20-12-6-9-17(23)22-15-10-11-15;/h3-5,7-8,14-15H,6,9-13H2,1-2H3,(H,22,23)(H2,19,20,21);1H. The number of rotatable bonds is 9. The fraction of sp³-hybridized carbons (Fsp3) is 0.556. The first-order valence-corrected chi connectivity index (χ1v) is 9.51. The summed E-state index contributed by atoms with van der Waals surface area (Å²) in [5, 5.41) is 10.0. The molecule has 1 unspecified atom stereocenters. The van der Waals surface area contributed by atoms with Crippen molar-refractivity contribution in [3.05, 3.63) is 30.3 Å². The molecular weight excluding hydrogens is 447 g/mol. The Labute approximate surface area is 172 Å². The lowest BCUT2D eigenvalue weighted by Crippen LogP contribution is -2.40. The molecule has 1 atom stereocenters. The van der Waals surface area contributed by atoms with Crippen LogP contribution in [0.25, 0.3) is 0 Å². The SMILES string of the molecule is CN=C(NCCCC(=O)NC1CC1)NCC(C)Sc1ccccc1.I. The van der Waals surface area contributed by atoms with Gasteiger partial charge in [-0.25, -0.2) is 0 Å². The summed E-state index contributed by atoms with van der Waals surface area (Å²) in [4.78, 5) is 17.1. The fourth-order valence-electron chi connectivity index (χ4n) is 2.22. The van der Waals surface area contributed by atoms with E-state index in [0.717, 1.165) is 38.3 Å². The minimum Gasteiger partial charge on any atom is -0.356 e. The number of nitrogens with zero attached hydrogens (tertiary/aromatic N) is 1. The molecule has 2 rings (SSSR count). The molecule has 3 N–H and O–H groups in total. The van der Waals surface area contributed by atoms with Crippen LogP contribution in [-0.2, 0) is 4.79 Å². The van der Waals surface area contributed by atoms with Gasteiger partial charge < -0.3 is 16.0 Å². The number of carbonyl (C=O) groups is 1. The highest BCUT2D eigenvalue weighted by Crippen LogP contribution is 2.21. The molecule has 140 valence electrons. The van der Waals surface area contributed by atoms with Crippen molar-refractivity contribution in [1.82, 2.24) is 16.0 Å². The summed E-state index contributed by atoms with van der Waals surface area (Å²) in [5.41, 5.74) is 0. The molecule has 0 radical (unpaired) electrons. The Kier molecular flexibility index (Phi) is 11.0. The Morgan fingerprint density at radius 1 is 1.28 bits per heavy atom. The molecule has 1 aliphatic rings. The zero-order chi connectivity index (χ0) is 17.2. The quantitative estimate of drug-likeness (QED) is 0.169. The van der Waals surface area contributed by atoms with E-state index in [4.69, 9.17) is 0 Å². The highest BCUT2D eigenvalue weighted by Gasteiger charge is 2.22. The third kappa shape index (κ3) is 9.94. The monoisotopic (exact) mass is 476 g/mol. The number of carbonyl (C=O) groups excluding carboxylic acids is 1. The van der Waals surface area contributed by atoms with Gasteiger partial charge in [0, 0.05) is 42.7 Å². The van der Waals surface area contributed by atoms with Gasteiger partial charge in [-0.3, -0.25) is 9.79 Å². The lowest BCUT2D eigenvalue weighted by molar-refractivity contribution is -0.121. The first kappa shape index (κ1) is 22.1. The van der Waals surface area contributed by atoms with Gasteiger partial charge in [0.15, 0.2) is 5.96 Å². The Morgan fingerprint density at radius 3 is 2.64 bits per heavy atom. The maximum atomic E-state index is 11.6. The normalized spacial score (nSPS) is 15.0. The summed E-state index contributed by atoms with van der Waals surface area (Å²) in [5.74, 6) is 0.952. The van der Waals surface area contributed by atoms with Crippen molar-refractivity contribution < 1.29 is 4.79 Å². The van der Waals surface area contributed by atoms with Gasteiger partial charge >= 0.3 is 0 Å². The number of hydrogen-bond donors (Lipinski definition) is 3. The number of aliphatic imine (C=N–C) groups is 1. The maximum absolute atomic E-state index is 11.6. The molecule has 0 aromatic heterocycles. The molecular formula is C18H29IN4OS. The third-order valence-electron chi connectivity index (χ3n) is 3.68. The van der Waals surface area contributed by atoms with Crippen LogP contribution < -0.4 is 16.0 Å². The largest absolute Gasteiger partial charge is 0.356 e. The molecule has 1 aromatic rings. The van der Waals surface area contributed by atoms with Crippen molar-refractivity contribution in [1.29, 1.82) is 0 Å². The van der Waals surface area contributed by atoms with Crippen LogP contribution >= 0.6 is 35.7 Å². The Balaban J connectivity index is 0.00000312. The van der Waals surface area contributed by atoms with Gasteiger partial charge in [-0.15, -0.1) is 35.7 Å². The molecule has 7 heteroatoms. The number of thioether (sulfide) groups is 1. The summed E-state index contributed by atoms with van der Waals surface area (Å²) in [6.07, 6.45) is 3.66. The van der Waals surface area contributed by atoms with Crippen molar-refractivity contribution >= 4 is 47.6 Å². The van der Waals surface area contributed by atoms with E-state index < -0.39 is 0 Å². The second kappa shape index (κ2) is 12.4. The van der Waals surface area contributed by atoms with Gasteiger partial charge in [-0.2, -0.15) is 0 Å².